The van der Waals surface area contributed by atoms with Crippen LogP contribution >= 0.6 is 8.35 Å². The fraction of sp³-hybridized carbons (Fsp3) is 0.261. The summed E-state index contributed by atoms with van der Waals surface area (Å²) in [7, 11) is -0.228. The van der Waals surface area contributed by atoms with Crippen LogP contribution in [0.2, 0.25) is 0 Å². The minimum Gasteiger partial charge on any atom is -0.491 e. The molecule has 3 atom stereocenters. The summed E-state index contributed by atoms with van der Waals surface area (Å²) in [5, 5.41) is 0.291. The Hall–Kier alpha value is -3.39. The average molecular weight is 469 g/mol. The van der Waals surface area contributed by atoms with Gasteiger partial charge in [-0.1, -0.05) is 0 Å². The van der Waals surface area contributed by atoms with Crippen LogP contribution in [0, 0.1) is 0 Å². The smallest absolute Gasteiger partial charge is 0.362 e. The first-order chi connectivity index (χ1) is 16.1. The number of esters is 2. The lowest BCUT2D eigenvalue weighted by Gasteiger charge is -2.06. The molecule has 0 spiro atoms. The molecule has 2 fully saturated rings. The van der Waals surface area contributed by atoms with Crippen molar-refractivity contribution >= 4 is 20.3 Å². The highest BCUT2D eigenvalue weighted by molar-refractivity contribution is 7.28. The van der Waals surface area contributed by atoms with E-state index in [9.17, 15) is 9.59 Å². The maximum atomic E-state index is 12.4. The van der Waals surface area contributed by atoms with Gasteiger partial charge in [0.2, 0.25) is 0 Å². The zero-order chi connectivity index (χ0) is 22.6. The molecule has 3 aromatic rings. The summed E-state index contributed by atoms with van der Waals surface area (Å²) in [5.41, 5.74) is 0.0672. The topological polar surface area (TPSA) is 109 Å². The number of hydrogen-bond acceptors (Lipinski definition) is 9. The van der Waals surface area contributed by atoms with Crippen molar-refractivity contribution in [3.63, 3.8) is 0 Å². The van der Waals surface area contributed by atoms with Crippen molar-refractivity contribution in [1.29, 1.82) is 0 Å². The van der Waals surface area contributed by atoms with Crippen LogP contribution in [0.1, 0.15) is 20.6 Å². The second-order valence-electron chi connectivity index (χ2n) is 7.42. The van der Waals surface area contributed by atoms with Gasteiger partial charge in [0.25, 0.3) is 0 Å². The summed E-state index contributed by atoms with van der Waals surface area (Å²) >= 11 is 0. The highest BCUT2D eigenvalue weighted by Crippen LogP contribution is 2.24. The standard InChI is InChI=1S/C23H20NO8P/c25-22(31-16-5-1-14(2-6-16)27-10-18-12-29-18)20-9-21(33-24-20)23(26)32-17-7-3-15(4-8-17)28-11-19-13-30-19/h1-9,18-19,33H,10-13H2. The number of nitrogens with zero attached hydrogens (tertiary/aromatic N) is 1. The van der Waals surface area contributed by atoms with E-state index in [1.807, 2.05) is 0 Å². The van der Waals surface area contributed by atoms with Crippen molar-refractivity contribution in [3.05, 3.63) is 65.6 Å². The summed E-state index contributed by atoms with van der Waals surface area (Å²) in [4.78, 5) is 24.8. The van der Waals surface area contributed by atoms with Crippen LogP contribution < -0.4 is 18.9 Å². The van der Waals surface area contributed by atoms with Gasteiger partial charge in [-0.15, -0.1) is 0 Å². The third-order valence-corrected chi connectivity index (χ3v) is 5.69. The number of carbonyl (C=O) groups excluding carboxylic acids is 2. The molecule has 2 saturated heterocycles. The Morgan fingerprint density at radius 2 is 1.24 bits per heavy atom. The van der Waals surface area contributed by atoms with Crippen molar-refractivity contribution in [3.8, 4) is 23.0 Å². The van der Waals surface area contributed by atoms with Gasteiger partial charge in [-0.25, -0.2) is 14.3 Å². The van der Waals surface area contributed by atoms with Crippen molar-refractivity contribution < 1.29 is 38.0 Å². The zero-order valence-corrected chi connectivity index (χ0v) is 18.4. The van der Waals surface area contributed by atoms with Crippen LogP contribution in [0.4, 0.5) is 0 Å². The van der Waals surface area contributed by atoms with Crippen LogP contribution in [0.5, 0.6) is 23.0 Å². The molecule has 0 bridgehead atoms. The molecular formula is C23H20NO8P. The average Bonchev–Trinajstić information content (AvgIpc) is 3.77. The first-order valence-corrected chi connectivity index (χ1v) is 11.3. The minimum atomic E-state index is -0.647. The summed E-state index contributed by atoms with van der Waals surface area (Å²) in [6.07, 6.45) is 0.330. The zero-order valence-electron chi connectivity index (χ0n) is 17.4. The number of benzene rings is 2. The van der Waals surface area contributed by atoms with E-state index in [1.54, 1.807) is 48.5 Å². The van der Waals surface area contributed by atoms with E-state index in [0.717, 1.165) is 13.2 Å². The van der Waals surface area contributed by atoms with E-state index in [2.05, 4.69) is 4.75 Å². The quantitative estimate of drug-likeness (QED) is 0.251. The number of epoxide rings is 2. The lowest BCUT2D eigenvalue weighted by molar-refractivity contribution is 0.0729. The van der Waals surface area contributed by atoms with E-state index < -0.39 is 11.9 Å². The molecule has 3 unspecified atom stereocenters. The van der Waals surface area contributed by atoms with E-state index in [-0.39, 0.29) is 26.3 Å². The largest absolute Gasteiger partial charge is 0.491 e. The molecular weight excluding hydrogens is 449 g/mol. The third-order valence-electron chi connectivity index (χ3n) is 4.75. The van der Waals surface area contributed by atoms with Gasteiger partial charge < -0.3 is 28.4 Å². The maximum Gasteiger partial charge on any atom is 0.362 e. The van der Waals surface area contributed by atoms with Gasteiger partial charge in [-0.05, 0) is 62.9 Å². The Labute approximate surface area is 190 Å². The molecule has 33 heavy (non-hydrogen) atoms. The summed E-state index contributed by atoms with van der Waals surface area (Å²) in [6.45, 7) is 2.44. The fourth-order valence-electron chi connectivity index (χ4n) is 2.77. The van der Waals surface area contributed by atoms with E-state index in [1.165, 1.54) is 6.07 Å². The van der Waals surface area contributed by atoms with Gasteiger partial charge in [0.1, 0.15) is 48.4 Å². The summed E-state index contributed by atoms with van der Waals surface area (Å²) in [6, 6.07) is 14.8. The highest BCUT2D eigenvalue weighted by atomic mass is 31.0. The van der Waals surface area contributed by atoms with Gasteiger partial charge in [-0.2, -0.15) is 0 Å². The van der Waals surface area contributed by atoms with Crippen molar-refractivity contribution in [2.24, 2.45) is 0 Å². The van der Waals surface area contributed by atoms with E-state index in [0.29, 0.717) is 41.5 Å². The number of aromatic nitrogens is 1. The Bertz CT molecular complexity index is 1030. The van der Waals surface area contributed by atoms with Crippen LogP contribution in [-0.2, 0) is 9.47 Å². The van der Waals surface area contributed by atoms with Crippen LogP contribution in [0.3, 0.4) is 0 Å². The van der Waals surface area contributed by atoms with E-state index >= 15 is 0 Å². The van der Waals surface area contributed by atoms with Crippen LogP contribution in [0.25, 0.3) is 0 Å². The number of carbonyl (C=O) groups is 2. The second kappa shape index (κ2) is 9.62. The highest BCUT2D eigenvalue weighted by Gasteiger charge is 2.24. The summed E-state index contributed by atoms with van der Waals surface area (Å²) in [5.74, 6) is 0.824. The second-order valence-corrected chi connectivity index (χ2v) is 8.41. The normalized spacial score (nSPS) is 18.5. The molecule has 9 nitrogen and oxygen atoms in total. The maximum absolute atomic E-state index is 12.4. The van der Waals surface area contributed by atoms with Gasteiger partial charge in [0.15, 0.2) is 5.69 Å². The number of ether oxygens (including phenoxy) is 6. The molecule has 5 rings (SSSR count). The third kappa shape index (κ3) is 6.10. The fourth-order valence-corrected chi connectivity index (χ4v) is 3.51. The van der Waals surface area contributed by atoms with Crippen molar-refractivity contribution in [1.82, 2.24) is 4.75 Å². The molecule has 0 N–H and O–H groups in total. The molecule has 2 aliphatic heterocycles. The molecule has 0 radical (unpaired) electrons. The van der Waals surface area contributed by atoms with Gasteiger partial charge in [-0.3, -0.25) is 0 Å². The van der Waals surface area contributed by atoms with Crippen molar-refractivity contribution in [2.45, 2.75) is 12.2 Å². The predicted molar refractivity (Wildman–Crippen MR) is 117 cm³/mol. The first-order valence-electron chi connectivity index (χ1n) is 10.3. The molecule has 1 aromatic heterocycles. The Morgan fingerprint density at radius 1 is 0.788 bits per heavy atom. The van der Waals surface area contributed by atoms with Crippen LogP contribution in [0.15, 0.2) is 54.6 Å². The first kappa shape index (κ1) is 21.5. The Balaban J connectivity index is 1.12. The lowest BCUT2D eigenvalue weighted by atomic mass is 10.3. The van der Waals surface area contributed by atoms with Crippen LogP contribution in [-0.4, -0.2) is 55.3 Å². The molecule has 0 saturated carbocycles. The lowest BCUT2D eigenvalue weighted by Crippen LogP contribution is -2.10. The monoisotopic (exact) mass is 469 g/mol. The molecule has 2 aliphatic rings. The molecule has 0 aliphatic carbocycles. The molecule has 2 aromatic carbocycles. The molecule has 10 heteroatoms. The predicted octanol–water partition coefficient (Wildman–Crippen LogP) is 3.11. The molecule has 3 heterocycles. The molecule has 0 amide bonds. The SMILES string of the molecule is O=C(Oc1ccc(OCC2CO2)cc1)c1cc(C(=O)Oc2ccc(OCC3CO3)cc2)[pH]n1. The minimum absolute atomic E-state index is 0.0672. The Morgan fingerprint density at radius 3 is 1.73 bits per heavy atom. The van der Waals surface area contributed by atoms with Gasteiger partial charge in [0, 0.05) is 0 Å². The Kier molecular flexibility index (Phi) is 6.26. The summed E-state index contributed by atoms with van der Waals surface area (Å²) < 4.78 is 36.1. The van der Waals surface area contributed by atoms with Gasteiger partial charge >= 0.3 is 11.9 Å². The van der Waals surface area contributed by atoms with Crippen molar-refractivity contribution in [2.75, 3.05) is 26.4 Å². The van der Waals surface area contributed by atoms with E-state index in [4.69, 9.17) is 28.4 Å². The molecule has 170 valence electrons. The number of rotatable bonds is 10. The number of hydrogen-bond donors (Lipinski definition) is 0. The van der Waals surface area contributed by atoms with Gasteiger partial charge in [0.05, 0.1) is 18.5 Å².